The topological polar surface area (TPSA) is 61.4 Å². The molecule has 2 heterocycles. The second-order valence-electron chi connectivity index (χ2n) is 6.67. The summed E-state index contributed by atoms with van der Waals surface area (Å²) in [6.07, 6.45) is 2.74. The van der Waals surface area contributed by atoms with Gasteiger partial charge >= 0.3 is 6.03 Å². The summed E-state index contributed by atoms with van der Waals surface area (Å²) in [6, 6.07) is 5.55. The van der Waals surface area contributed by atoms with Gasteiger partial charge in [0.05, 0.1) is 10.7 Å². The number of benzene rings is 1. The van der Waals surface area contributed by atoms with Crippen LogP contribution in [0.15, 0.2) is 18.2 Å². The van der Waals surface area contributed by atoms with Gasteiger partial charge in [-0.1, -0.05) is 17.7 Å². The average Bonchev–Trinajstić information content (AvgIpc) is 2.37. The summed E-state index contributed by atoms with van der Waals surface area (Å²) in [5, 5.41) is 6.24. The van der Waals surface area contributed by atoms with Crippen molar-refractivity contribution < 1.29 is 9.59 Å². The maximum atomic E-state index is 11.9. The van der Waals surface area contributed by atoms with Crippen LogP contribution < -0.4 is 15.5 Å². The molecule has 4 rings (SSSR count). The summed E-state index contributed by atoms with van der Waals surface area (Å²) >= 11 is 6.39. The molecule has 1 aromatic rings. The van der Waals surface area contributed by atoms with Crippen molar-refractivity contribution in [3.8, 4) is 0 Å². The highest BCUT2D eigenvalue weighted by atomic mass is 35.5. The molecule has 22 heavy (non-hydrogen) atoms. The van der Waals surface area contributed by atoms with Crippen LogP contribution in [0.25, 0.3) is 0 Å². The molecule has 2 saturated heterocycles. The van der Waals surface area contributed by atoms with Crippen LogP contribution in [0, 0.1) is 5.41 Å². The summed E-state index contributed by atoms with van der Waals surface area (Å²) in [6.45, 7) is 2.65. The van der Waals surface area contributed by atoms with E-state index in [9.17, 15) is 9.59 Å². The number of imide groups is 1. The number of hydrogen-bond donors (Lipinski definition) is 2. The highest BCUT2D eigenvalue weighted by Crippen LogP contribution is 2.53. The molecule has 5 nitrogen and oxygen atoms in total. The molecule has 3 fully saturated rings. The van der Waals surface area contributed by atoms with E-state index in [2.05, 4.69) is 16.7 Å². The third-order valence-electron chi connectivity index (χ3n) is 5.15. The summed E-state index contributed by atoms with van der Waals surface area (Å²) in [4.78, 5) is 24.7. The largest absolute Gasteiger partial charge is 0.328 e. The van der Waals surface area contributed by atoms with Crippen molar-refractivity contribution in [3.63, 3.8) is 0 Å². The van der Waals surface area contributed by atoms with E-state index in [-0.39, 0.29) is 5.91 Å². The standard InChI is InChI=1S/C16H18ClN3O2/c17-12-5-10(11-6-16(7-11)8-18-9-16)1-2-13(12)20-4-3-14(21)19-15(20)22/h1-2,5,11,18H,3-4,6-9H2,(H,19,21,22). The number of halogens is 1. The molecule has 2 N–H and O–H groups in total. The van der Waals surface area contributed by atoms with Crippen LogP contribution in [0.1, 0.15) is 30.7 Å². The lowest BCUT2D eigenvalue weighted by Gasteiger charge is -2.54. The van der Waals surface area contributed by atoms with Crippen LogP contribution in [0.4, 0.5) is 10.5 Å². The lowest BCUT2D eigenvalue weighted by molar-refractivity contribution is -0.120. The Bertz CT molecular complexity index is 649. The second-order valence-corrected chi connectivity index (χ2v) is 7.08. The lowest BCUT2D eigenvalue weighted by Crippen LogP contribution is -2.59. The first-order valence-electron chi connectivity index (χ1n) is 7.68. The number of carbonyl (C=O) groups is 2. The van der Waals surface area contributed by atoms with Gasteiger partial charge in [0.25, 0.3) is 0 Å². The number of rotatable bonds is 2. The Kier molecular flexibility index (Phi) is 3.16. The Morgan fingerprint density at radius 1 is 1.23 bits per heavy atom. The van der Waals surface area contributed by atoms with Crippen LogP contribution >= 0.6 is 11.6 Å². The molecule has 0 radical (unpaired) electrons. The number of hydrogen-bond acceptors (Lipinski definition) is 3. The molecule has 0 atom stereocenters. The van der Waals surface area contributed by atoms with Gasteiger partial charge in [-0.3, -0.25) is 15.0 Å². The van der Waals surface area contributed by atoms with Gasteiger partial charge in [0, 0.05) is 26.1 Å². The highest BCUT2D eigenvalue weighted by molar-refractivity contribution is 6.34. The zero-order chi connectivity index (χ0) is 15.3. The number of urea groups is 1. The van der Waals surface area contributed by atoms with E-state index in [4.69, 9.17) is 11.6 Å². The molecular weight excluding hydrogens is 302 g/mol. The third-order valence-corrected chi connectivity index (χ3v) is 5.45. The number of carbonyl (C=O) groups excluding carboxylic acids is 2. The normalized spacial score (nSPS) is 24.0. The monoisotopic (exact) mass is 319 g/mol. The fourth-order valence-corrected chi connectivity index (χ4v) is 4.07. The van der Waals surface area contributed by atoms with Gasteiger partial charge in [-0.15, -0.1) is 0 Å². The maximum absolute atomic E-state index is 11.9. The van der Waals surface area contributed by atoms with E-state index in [0.717, 1.165) is 13.1 Å². The average molecular weight is 320 g/mol. The van der Waals surface area contributed by atoms with Gasteiger partial charge in [0.2, 0.25) is 5.91 Å². The Balaban J connectivity index is 1.51. The van der Waals surface area contributed by atoms with Crippen LogP contribution in [0.2, 0.25) is 5.02 Å². The highest BCUT2D eigenvalue weighted by Gasteiger charge is 2.48. The molecule has 0 unspecified atom stereocenters. The molecule has 1 saturated carbocycles. The van der Waals surface area contributed by atoms with Gasteiger partial charge in [0.15, 0.2) is 0 Å². The molecule has 2 aliphatic heterocycles. The Morgan fingerprint density at radius 2 is 2.00 bits per heavy atom. The zero-order valence-electron chi connectivity index (χ0n) is 12.2. The Hall–Kier alpha value is -1.59. The number of nitrogens with zero attached hydrogens (tertiary/aromatic N) is 1. The van der Waals surface area contributed by atoms with Crippen molar-refractivity contribution in [2.45, 2.75) is 25.2 Å². The Labute approximate surface area is 134 Å². The van der Waals surface area contributed by atoms with Crippen molar-refractivity contribution in [2.24, 2.45) is 5.41 Å². The smallest absolute Gasteiger partial charge is 0.316 e. The first kappa shape index (κ1) is 14.0. The molecule has 1 aliphatic carbocycles. The fourth-order valence-electron chi connectivity index (χ4n) is 3.78. The van der Waals surface area contributed by atoms with Crippen LogP contribution in [-0.2, 0) is 4.79 Å². The molecule has 1 aromatic carbocycles. The minimum absolute atomic E-state index is 0.233. The fraction of sp³-hybridized carbons (Fsp3) is 0.500. The van der Waals surface area contributed by atoms with E-state index in [0.29, 0.717) is 35.0 Å². The van der Waals surface area contributed by atoms with E-state index < -0.39 is 6.03 Å². The molecular formula is C16H18ClN3O2. The molecule has 1 spiro atoms. The number of amides is 3. The molecule has 3 aliphatic rings. The SMILES string of the molecule is O=C1CCN(c2ccc(C3CC4(CNC4)C3)cc2Cl)C(=O)N1. The summed E-state index contributed by atoms with van der Waals surface area (Å²) in [5.41, 5.74) is 2.46. The van der Waals surface area contributed by atoms with Gasteiger partial charge < -0.3 is 5.32 Å². The van der Waals surface area contributed by atoms with Crippen molar-refractivity contribution >= 4 is 29.2 Å². The predicted molar refractivity (Wildman–Crippen MR) is 84.2 cm³/mol. The van der Waals surface area contributed by atoms with E-state index in [1.807, 2.05) is 12.1 Å². The van der Waals surface area contributed by atoms with Crippen LogP contribution in [0.3, 0.4) is 0 Å². The molecule has 3 amide bonds. The van der Waals surface area contributed by atoms with Crippen molar-refractivity contribution in [3.05, 3.63) is 28.8 Å². The predicted octanol–water partition coefficient (Wildman–Crippen LogP) is 2.25. The zero-order valence-corrected chi connectivity index (χ0v) is 12.9. The van der Waals surface area contributed by atoms with Gasteiger partial charge in [0.1, 0.15) is 0 Å². The quantitative estimate of drug-likeness (QED) is 0.879. The van der Waals surface area contributed by atoms with Crippen LogP contribution in [-0.4, -0.2) is 31.6 Å². The van der Waals surface area contributed by atoms with Crippen molar-refractivity contribution in [1.82, 2.24) is 10.6 Å². The minimum Gasteiger partial charge on any atom is -0.316 e. The number of anilines is 1. The minimum atomic E-state index is -0.394. The molecule has 0 aromatic heterocycles. The van der Waals surface area contributed by atoms with Crippen LogP contribution in [0.5, 0.6) is 0 Å². The van der Waals surface area contributed by atoms with Crippen molar-refractivity contribution in [2.75, 3.05) is 24.5 Å². The maximum Gasteiger partial charge on any atom is 0.328 e. The molecule has 116 valence electrons. The summed E-state index contributed by atoms with van der Waals surface area (Å²) in [5.74, 6) is 0.341. The second kappa shape index (κ2) is 4.96. The van der Waals surface area contributed by atoms with Crippen molar-refractivity contribution in [1.29, 1.82) is 0 Å². The van der Waals surface area contributed by atoms with Gasteiger partial charge in [-0.25, -0.2) is 4.79 Å². The molecule has 6 heteroatoms. The Morgan fingerprint density at radius 3 is 2.59 bits per heavy atom. The van der Waals surface area contributed by atoms with E-state index in [1.54, 1.807) is 0 Å². The van der Waals surface area contributed by atoms with Gasteiger partial charge in [-0.05, 0) is 41.9 Å². The summed E-state index contributed by atoms with van der Waals surface area (Å²) < 4.78 is 0. The molecule has 0 bridgehead atoms. The van der Waals surface area contributed by atoms with E-state index >= 15 is 0 Å². The van der Waals surface area contributed by atoms with Gasteiger partial charge in [-0.2, -0.15) is 0 Å². The summed E-state index contributed by atoms with van der Waals surface area (Å²) in [7, 11) is 0. The van der Waals surface area contributed by atoms with E-state index in [1.165, 1.54) is 23.3 Å². The first-order chi connectivity index (χ1) is 10.6. The lowest BCUT2D eigenvalue weighted by atomic mass is 9.57. The number of nitrogens with one attached hydrogen (secondary N) is 2. The third kappa shape index (κ3) is 2.20. The first-order valence-corrected chi connectivity index (χ1v) is 8.06.